The van der Waals surface area contributed by atoms with Crippen LogP contribution in [0.3, 0.4) is 0 Å². The molecule has 2 aromatic heterocycles. The number of nitrogens with zero attached hydrogens (tertiary/aromatic N) is 4. The number of hydrogen-bond acceptors (Lipinski definition) is 5. The molecule has 4 aromatic rings. The van der Waals surface area contributed by atoms with Crippen LogP contribution in [0.25, 0.3) is 23.0 Å². The lowest BCUT2D eigenvalue weighted by molar-refractivity contribution is -0.121. The molecule has 0 radical (unpaired) electrons. The average molecular weight is 405 g/mol. The van der Waals surface area contributed by atoms with Gasteiger partial charge in [0, 0.05) is 18.3 Å². The molecule has 0 aliphatic carbocycles. The van der Waals surface area contributed by atoms with Gasteiger partial charge in [-0.3, -0.25) is 4.79 Å². The van der Waals surface area contributed by atoms with Gasteiger partial charge in [0.05, 0.1) is 0 Å². The summed E-state index contributed by atoms with van der Waals surface area (Å²) in [7, 11) is 0. The van der Waals surface area contributed by atoms with Gasteiger partial charge >= 0.3 is 0 Å². The van der Waals surface area contributed by atoms with E-state index in [0.717, 1.165) is 16.7 Å². The van der Waals surface area contributed by atoms with Crippen molar-refractivity contribution >= 4 is 5.91 Å². The van der Waals surface area contributed by atoms with Crippen molar-refractivity contribution in [2.45, 2.75) is 26.9 Å². The number of nitrogens with one attached hydrogen (secondary N) is 1. The molecule has 1 N–H and O–H groups in total. The minimum absolute atomic E-state index is 0.0998. The van der Waals surface area contributed by atoms with Gasteiger partial charge in [-0.15, -0.1) is 0 Å². The monoisotopic (exact) mass is 405 g/mol. The molecular weight excluding hydrogens is 385 g/mol. The molecule has 0 saturated carbocycles. The predicted octanol–water partition coefficient (Wildman–Crippen LogP) is 3.67. The molecule has 8 heteroatoms. The Bertz CT molecular complexity index is 1180. The van der Waals surface area contributed by atoms with Gasteiger partial charge in [0.1, 0.15) is 23.9 Å². The lowest BCUT2D eigenvalue weighted by Crippen LogP contribution is -2.27. The van der Waals surface area contributed by atoms with Crippen molar-refractivity contribution < 1.29 is 13.7 Å². The highest BCUT2D eigenvalue weighted by atomic mass is 19.1. The summed E-state index contributed by atoms with van der Waals surface area (Å²) >= 11 is 0. The Labute approximate surface area is 172 Å². The smallest absolute Gasteiger partial charge is 0.258 e. The molecule has 30 heavy (non-hydrogen) atoms. The predicted molar refractivity (Wildman–Crippen MR) is 109 cm³/mol. The first-order valence-corrected chi connectivity index (χ1v) is 9.44. The number of aryl methyl sites for hydroxylation is 2. The number of aromatic nitrogens is 4. The fraction of sp³-hybridized carbons (Fsp3) is 0.182. The highest BCUT2D eigenvalue weighted by Crippen LogP contribution is 2.22. The maximum atomic E-state index is 13.0. The number of imidazole rings is 1. The molecule has 0 aliphatic heterocycles. The Morgan fingerprint density at radius 2 is 1.93 bits per heavy atom. The van der Waals surface area contributed by atoms with E-state index in [9.17, 15) is 9.18 Å². The van der Waals surface area contributed by atoms with Crippen LogP contribution in [0, 0.1) is 19.7 Å². The van der Waals surface area contributed by atoms with E-state index in [2.05, 4.69) is 20.4 Å². The quantitative estimate of drug-likeness (QED) is 0.529. The van der Waals surface area contributed by atoms with Crippen LogP contribution in [-0.4, -0.2) is 25.6 Å². The van der Waals surface area contributed by atoms with Crippen LogP contribution >= 0.6 is 0 Å². The molecule has 0 saturated heterocycles. The van der Waals surface area contributed by atoms with E-state index in [0.29, 0.717) is 29.8 Å². The minimum Gasteiger partial charge on any atom is -0.350 e. The largest absolute Gasteiger partial charge is 0.350 e. The summed E-state index contributed by atoms with van der Waals surface area (Å²) in [5.41, 5.74) is 3.29. The molecule has 2 heterocycles. The van der Waals surface area contributed by atoms with Gasteiger partial charge in [-0.2, -0.15) is 4.98 Å². The second kappa shape index (κ2) is 8.28. The zero-order valence-electron chi connectivity index (χ0n) is 16.6. The molecule has 0 spiro atoms. The lowest BCUT2D eigenvalue weighted by Gasteiger charge is -2.07. The van der Waals surface area contributed by atoms with Gasteiger partial charge in [-0.05, 0) is 43.7 Å². The summed E-state index contributed by atoms with van der Waals surface area (Å²) in [6.45, 7) is 4.22. The lowest BCUT2D eigenvalue weighted by atomic mass is 10.1. The highest BCUT2D eigenvalue weighted by Gasteiger charge is 2.16. The van der Waals surface area contributed by atoms with Gasteiger partial charge < -0.3 is 14.4 Å². The number of rotatable bonds is 6. The third-order valence-electron chi connectivity index (χ3n) is 4.61. The van der Waals surface area contributed by atoms with E-state index < -0.39 is 0 Å². The maximum absolute atomic E-state index is 13.0. The summed E-state index contributed by atoms with van der Waals surface area (Å²) in [5.74, 6) is 0.945. The van der Waals surface area contributed by atoms with Crippen molar-refractivity contribution in [3.8, 4) is 23.0 Å². The Kier molecular flexibility index (Phi) is 5.38. The van der Waals surface area contributed by atoms with Crippen molar-refractivity contribution in [2.24, 2.45) is 0 Å². The second-order valence-electron chi connectivity index (χ2n) is 7.00. The van der Waals surface area contributed by atoms with Gasteiger partial charge in [-0.1, -0.05) is 35.0 Å². The fourth-order valence-electron chi connectivity index (χ4n) is 3.01. The summed E-state index contributed by atoms with van der Waals surface area (Å²) in [6, 6.07) is 13.8. The number of carbonyl (C=O) groups is 1. The van der Waals surface area contributed by atoms with Gasteiger partial charge in [-0.25, -0.2) is 9.37 Å². The van der Waals surface area contributed by atoms with Crippen LogP contribution in [0.2, 0.25) is 0 Å². The molecule has 4 rings (SSSR count). The van der Waals surface area contributed by atoms with Crippen molar-refractivity contribution in [1.29, 1.82) is 0 Å². The summed E-state index contributed by atoms with van der Waals surface area (Å²) in [6.07, 6.45) is 1.72. The van der Waals surface area contributed by atoms with E-state index in [4.69, 9.17) is 4.52 Å². The molecule has 152 valence electrons. The maximum Gasteiger partial charge on any atom is 0.258 e. The van der Waals surface area contributed by atoms with Crippen molar-refractivity contribution in [1.82, 2.24) is 25.0 Å². The van der Waals surface area contributed by atoms with E-state index in [1.165, 1.54) is 12.1 Å². The summed E-state index contributed by atoms with van der Waals surface area (Å²) in [5, 5.41) is 6.83. The third-order valence-corrected chi connectivity index (χ3v) is 4.61. The van der Waals surface area contributed by atoms with Gasteiger partial charge in [0.2, 0.25) is 11.7 Å². The molecule has 0 bridgehead atoms. The first-order chi connectivity index (χ1) is 14.5. The topological polar surface area (TPSA) is 85.8 Å². The van der Waals surface area contributed by atoms with Crippen LogP contribution in [0.15, 0.2) is 59.3 Å². The molecule has 2 aromatic carbocycles. The van der Waals surface area contributed by atoms with E-state index in [1.807, 2.05) is 31.2 Å². The number of carbonyl (C=O) groups excluding carboxylic acids is 1. The molecule has 0 atom stereocenters. The molecular formula is C22H20FN5O2. The normalized spacial score (nSPS) is 10.9. The first kappa shape index (κ1) is 19.5. The standard InChI is InChI=1S/C22H20FN5O2/c1-14-4-3-5-17(10-14)22-26-21(27-30-22)19-12-28(15(2)25-19)13-20(29)24-11-16-6-8-18(23)9-7-16/h3-10,12H,11,13H2,1-2H3,(H,24,29). The Balaban J connectivity index is 1.43. The Hall–Kier alpha value is -3.81. The van der Waals surface area contributed by atoms with Crippen LogP contribution in [0.1, 0.15) is 17.0 Å². The van der Waals surface area contributed by atoms with Crippen molar-refractivity contribution in [2.75, 3.05) is 0 Å². The number of hydrogen-bond donors (Lipinski definition) is 1. The molecule has 7 nitrogen and oxygen atoms in total. The summed E-state index contributed by atoms with van der Waals surface area (Å²) < 4.78 is 20.1. The van der Waals surface area contributed by atoms with Crippen LogP contribution in [0.4, 0.5) is 4.39 Å². The Morgan fingerprint density at radius 1 is 1.13 bits per heavy atom. The van der Waals surface area contributed by atoms with Crippen LogP contribution < -0.4 is 5.32 Å². The minimum atomic E-state index is -0.307. The van der Waals surface area contributed by atoms with Crippen LogP contribution in [0.5, 0.6) is 0 Å². The molecule has 0 fully saturated rings. The van der Waals surface area contributed by atoms with Gasteiger partial charge in [0.25, 0.3) is 5.89 Å². The van der Waals surface area contributed by atoms with Crippen LogP contribution in [-0.2, 0) is 17.9 Å². The molecule has 0 unspecified atom stereocenters. The van der Waals surface area contributed by atoms with E-state index in [-0.39, 0.29) is 18.3 Å². The SMILES string of the molecule is Cc1cccc(-c2nc(-c3cn(CC(=O)NCc4ccc(F)cc4)c(C)n3)no2)c1. The average Bonchev–Trinajstić information content (AvgIpc) is 3.35. The summed E-state index contributed by atoms with van der Waals surface area (Å²) in [4.78, 5) is 21.2. The third kappa shape index (κ3) is 4.43. The van der Waals surface area contributed by atoms with E-state index in [1.54, 1.807) is 29.8 Å². The number of halogens is 1. The number of amides is 1. The van der Waals surface area contributed by atoms with Gasteiger partial charge in [0.15, 0.2) is 0 Å². The molecule has 1 amide bonds. The zero-order chi connectivity index (χ0) is 21.1. The van der Waals surface area contributed by atoms with E-state index >= 15 is 0 Å². The molecule has 0 aliphatic rings. The first-order valence-electron chi connectivity index (χ1n) is 9.44. The number of benzene rings is 2. The zero-order valence-corrected chi connectivity index (χ0v) is 16.6. The second-order valence-corrected chi connectivity index (χ2v) is 7.00. The Morgan fingerprint density at radius 3 is 2.70 bits per heavy atom. The van der Waals surface area contributed by atoms with Crippen molar-refractivity contribution in [3.63, 3.8) is 0 Å². The highest BCUT2D eigenvalue weighted by molar-refractivity contribution is 5.76. The van der Waals surface area contributed by atoms with Crippen molar-refractivity contribution in [3.05, 3.63) is 77.5 Å². The fourth-order valence-corrected chi connectivity index (χ4v) is 3.01.